The van der Waals surface area contributed by atoms with Crippen LogP contribution in [-0.2, 0) is 14.3 Å². The number of carbonyl (C=O) groups is 3. The summed E-state index contributed by atoms with van der Waals surface area (Å²) in [7, 11) is 0. The standard InChI is InChI=1S/C24H39N3O4S/c1-15(2)27(21(29)18(14-32)25-22(30)31-24(7,8)9)19(20(28)26-23(4,5)6)17-13-11-10-12-16(17)3/h10-13,15,18-19,32H,14H2,1-9H3,(H,25,30)(H,26,28). The van der Waals surface area contributed by atoms with Gasteiger partial charge < -0.3 is 20.3 Å². The molecule has 32 heavy (non-hydrogen) atoms. The summed E-state index contributed by atoms with van der Waals surface area (Å²) in [5.74, 6) is -0.634. The third-order valence-electron chi connectivity index (χ3n) is 4.49. The Bertz CT molecular complexity index is 812. The molecule has 2 unspecified atom stereocenters. The molecular formula is C24H39N3O4S. The number of thiol groups is 1. The molecule has 1 aromatic carbocycles. The largest absolute Gasteiger partial charge is 0.444 e. The predicted octanol–water partition coefficient (Wildman–Crippen LogP) is 4.01. The van der Waals surface area contributed by atoms with Gasteiger partial charge in [-0.05, 0) is 73.4 Å². The van der Waals surface area contributed by atoms with E-state index in [0.717, 1.165) is 11.1 Å². The van der Waals surface area contributed by atoms with Crippen molar-refractivity contribution in [1.29, 1.82) is 0 Å². The molecule has 0 aromatic heterocycles. The second-order valence-corrected chi connectivity index (χ2v) is 10.6. The van der Waals surface area contributed by atoms with E-state index < -0.39 is 35.2 Å². The minimum absolute atomic E-state index is 0.0582. The molecule has 0 fully saturated rings. The van der Waals surface area contributed by atoms with Gasteiger partial charge in [-0.1, -0.05) is 24.3 Å². The lowest BCUT2D eigenvalue weighted by molar-refractivity contribution is -0.144. The van der Waals surface area contributed by atoms with Gasteiger partial charge in [0.2, 0.25) is 11.8 Å². The Labute approximate surface area is 198 Å². The summed E-state index contributed by atoms with van der Waals surface area (Å²) >= 11 is 4.28. The van der Waals surface area contributed by atoms with Gasteiger partial charge in [-0.25, -0.2) is 4.79 Å². The minimum Gasteiger partial charge on any atom is -0.444 e. The molecular weight excluding hydrogens is 426 g/mol. The highest BCUT2D eigenvalue weighted by Crippen LogP contribution is 2.28. The summed E-state index contributed by atoms with van der Waals surface area (Å²) in [6, 6.07) is 5.35. The molecule has 1 aromatic rings. The highest BCUT2D eigenvalue weighted by Gasteiger charge is 2.38. The van der Waals surface area contributed by atoms with Crippen LogP contribution in [0.3, 0.4) is 0 Å². The van der Waals surface area contributed by atoms with E-state index in [1.807, 2.05) is 65.8 Å². The molecule has 0 spiro atoms. The lowest BCUT2D eigenvalue weighted by Crippen LogP contribution is -2.57. The van der Waals surface area contributed by atoms with Crippen LogP contribution in [0.2, 0.25) is 0 Å². The number of hydrogen-bond acceptors (Lipinski definition) is 5. The van der Waals surface area contributed by atoms with Crippen molar-refractivity contribution in [3.8, 4) is 0 Å². The van der Waals surface area contributed by atoms with Crippen molar-refractivity contribution in [3.63, 3.8) is 0 Å². The van der Waals surface area contributed by atoms with Crippen molar-refractivity contribution in [2.75, 3.05) is 5.75 Å². The number of alkyl carbamates (subject to hydrolysis) is 1. The molecule has 2 N–H and O–H groups in total. The molecule has 180 valence electrons. The molecule has 0 bridgehead atoms. The van der Waals surface area contributed by atoms with Crippen LogP contribution in [0.5, 0.6) is 0 Å². The smallest absolute Gasteiger partial charge is 0.408 e. The summed E-state index contributed by atoms with van der Waals surface area (Å²) in [5.41, 5.74) is 0.429. The van der Waals surface area contributed by atoms with Crippen LogP contribution in [-0.4, -0.2) is 51.8 Å². The lowest BCUT2D eigenvalue weighted by Gasteiger charge is -2.38. The number of amides is 3. The quantitative estimate of drug-likeness (QED) is 0.531. The summed E-state index contributed by atoms with van der Waals surface area (Å²) in [4.78, 5) is 40.9. The molecule has 0 saturated heterocycles. The summed E-state index contributed by atoms with van der Waals surface area (Å²) in [6.45, 7) is 16.5. The van der Waals surface area contributed by atoms with Crippen molar-refractivity contribution in [3.05, 3.63) is 35.4 Å². The molecule has 2 atom stereocenters. The molecule has 0 radical (unpaired) electrons. The number of aryl methyl sites for hydroxylation is 1. The van der Waals surface area contributed by atoms with Crippen LogP contribution in [0.4, 0.5) is 4.79 Å². The zero-order chi connectivity index (χ0) is 24.9. The Kier molecular flexibility index (Phi) is 9.63. The number of hydrogen-bond donors (Lipinski definition) is 3. The molecule has 1 rings (SSSR count). The van der Waals surface area contributed by atoms with Gasteiger partial charge in [-0.15, -0.1) is 0 Å². The number of carbonyl (C=O) groups excluding carboxylic acids is 3. The van der Waals surface area contributed by atoms with Crippen LogP contribution in [0.15, 0.2) is 24.3 Å². The second kappa shape index (κ2) is 11.1. The predicted molar refractivity (Wildman–Crippen MR) is 131 cm³/mol. The highest BCUT2D eigenvalue weighted by atomic mass is 32.1. The fourth-order valence-corrected chi connectivity index (χ4v) is 3.49. The van der Waals surface area contributed by atoms with E-state index in [1.165, 1.54) is 4.90 Å². The van der Waals surface area contributed by atoms with Crippen molar-refractivity contribution >= 4 is 30.5 Å². The molecule has 0 heterocycles. The van der Waals surface area contributed by atoms with E-state index in [1.54, 1.807) is 20.8 Å². The first-order chi connectivity index (χ1) is 14.6. The lowest BCUT2D eigenvalue weighted by atomic mass is 9.96. The van der Waals surface area contributed by atoms with Crippen molar-refractivity contribution in [2.45, 2.75) is 91.6 Å². The zero-order valence-electron chi connectivity index (χ0n) is 20.8. The van der Waals surface area contributed by atoms with Crippen molar-refractivity contribution < 1.29 is 19.1 Å². The summed E-state index contributed by atoms with van der Waals surface area (Å²) in [6.07, 6.45) is -0.708. The molecule has 0 aliphatic carbocycles. The van der Waals surface area contributed by atoms with E-state index in [0.29, 0.717) is 0 Å². The Morgan fingerprint density at radius 2 is 1.62 bits per heavy atom. The van der Waals surface area contributed by atoms with Gasteiger partial charge in [0.25, 0.3) is 0 Å². The Hall–Kier alpha value is -2.22. The molecule has 0 saturated carbocycles. The molecule has 7 nitrogen and oxygen atoms in total. The van der Waals surface area contributed by atoms with E-state index in [4.69, 9.17) is 4.74 Å². The van der Waals surface area contributed by atoms with Gasteiger partial charge in [0, 0.05) is 17.3 Å². The van der Waals surface area contributed by atoms with Gasteiger partial charge in [0.05, 0.1) is 0 Å². The Balaban J connectivity index is 3.41. The summed E-state index contributed by atoms with van der Waals surface area (Å²) < 4.78 is 5.30. The van der Waals surface area contributed by atoms with Crippen LogP contribution < -0.4 is 10.6 Å². The van der Waals surface area contributed by atoms with Gasteiger partial charge in [0.15, 0.2) is 0 Å². The van der Waals surface area contributed by atoms with Crippen molar-refractivity contribution in [1.82, 2.24) is 15.5 Å². The maximum Gasteiger partial charge on any atom is 0.408 e. The normalized spacial score (nSPS) is 13.8. The van der Waals surface area contributed by atoms with E-state index in [-0.39, 0.29) is 17.7 Å². The number of nitrogens with zero attached hydrogens (tertiary/aromatic N) is 1. The van der Waals surface area contributed by atoms with Crippen molar-refractivity contribution in [2.24, 2.45) is 0 Å². The first-order valence-corrected chi connectivity index (χ1v) is 11.5. The average Bonchev–Trinajstić information content (AvgIpc) is 2.61. The van der Waals surface area contributed by atoms with E-state index in [2.05, 4.69) is 23.3 Å². The Morgan fingerprint density at radius 1 is 1.06 bits per heavy atom. The Morgan fingerprint density at radius 3 is 2.06 bits per heavy atom. The third-order valence-corrected chi connectivity index (χ3v) is 4.86. The first-order valence-electron chi connectivity index (χ1n) is 10.9. The number of nitrogens with one attached hydrogen (secondary N) is 2. The fourth-order valence-electron chi connectivity index (χ4n) is 3.24. The molecule has 0 aliphatic rings. The van der Waals surface area contributed by atoms with Gasteiger partial charge >= 0.3 is 6.09 Å². The van der Waals surface area contributed by atoms with Gasteiger partial charge in [-0.2, -0.15) is 12.6 Å². The highest BCUT2D eigenvalue weighted by molar-refractivity contribution is 7.80. The molecule has 0 aliphatic heterocycles. The van der Waals surface area contributed by atoms with E-state index in [9.17, 15) is 14.4 Å². The number of benzene rings is 1. The zero-order valence-corrected chi connectivity index (χ0v) is 21.7. The minimum atomic E-state index is -0.954. The maximum atomic E-state index is 13.6. The number of rotatable bonds is 7. The van der Waals surface area contributed by atoms with E-state index >= 15 is 0 Å². The monoisotopic (exact) mass is 465 g/mol. The SMILES string of the molecule is Cc1ccccc1C(C(=O)NC(C)(C)C)N(C(=O)C(CS)NC(=O)OC(C)(C)C)C(C)C. The summed E-state index contributed by atoms with van der Waals surface area (Å²) in [5, 5.41) is 5.61. The van der Waals surface area contributed by atoms with Gasteiger partial charge in [0.1, 0.15) is 17.7 Å². The van der Waals surface area contributed by atoms with Crippen LogP contribution in [0, 0.1) is 6.92 Å². The fraction of sp³-hybridized carbons (Fsp3) is 0.625. The van der Waals surface area contributed by atoms with Gasteiger partial charge in [-0.3, -0.25) is 9.59 Å². The second-order valence-electron chi connectivity index (χ2n) is 10.2. The van der Waals surface area contributed by atoms with Crippen LogP contribution in [0.25, 0.3) is 0 Å². The maximum absolute atomic E-state index is 13.6. The third kappa shape index (κ3) is 8.37. The van der Waals surface area contributed by atoms with Crippen LogP contribution in [0.1, 0.15) is 72.6 Å². The number of ether oxygens (including phenoxy) is 1. The molecule has 8 heteroatoms. The topological polar surface area (TPSA) is 87.7 Å². The van der Waals surface area contributed by atoms with Crippen LogP contribution >= 0.6 is 12.6 Å². The molecule has 3 amide bonds. The average molecular weight is 466 g/mol. The first kappa shape index (κ1) is 27.8.